The molecule has 1 aromatic heterocycles. The van der Waals surface area contributed by atoms with Crippen molar-refractivity contribution in [2.45, 2.75) is 13.5 Å². The molecule has 0 aliphatic carbocycles. The Morgan fingerprint density at radius 2 is 2.04 bits per heavy atom. The van der Waals surface area contributed by atoms with E-state index in [9.17, 15) is 19.5 Å². The van der Waals surface area contributed by atoms with Crippen molar-refractivity contribution in [1.29, 1.82) is 0 Å². The summed E-state index contributed by atoms with van der Waals surface area (Å²) in [5.41, 5.74) is 1.43. The van der Waals surface area contributed by atoms with E-state index in [0.717, 1.165) is 22.7 Å². The summed E-state index contributed by atoms with van der Waals surface area (Å²) in [6, 6.07) is 7.29. The minimum absolute atomic E-state index is 0.273. The van der Waals surface area contributed by atoms with Gasteiger partial charge in [0.25, 0.3) is 11.1 Å². The molecular weight excluding hydrogens is 316 g/mol. The first-order chi connectivity index (χ1) is 11.0. The zero-order chi connectivity index (χ0) is 16.6. The number of carbonyl (C=O) groups excluding carboxylic acids is 3. The molecule has 1 fully saturated rings. The number of aromatic nitrogens is 1. The molecule has 1 saturated heterocycles. The maximum Gasteiger partial charge on any atom is 0.293 e. The number of imide groups is 1. The number of hydrogen-bond acceptors (Lipinski definition) is 5. The molecule has 2 aromatic rings. The number of thioether (sulfide) groups is 1. The Morgan fingerprint density at radius 1 is 1.30 bits per heavy atom. The van der Waals surface area contributed by atoms with Crippen molar-refractivity contribution in [2.75, 3.05) is 6.54 Å². The van der Waals surface area contributed by atoms with Crippen LogP contribution in [0.25, 0.3) is 17.0 Å². The van der Waals surface area contributed by atoms with E-state index in [2.05, 4.69) is 0 Å². The second-order valence-corrected chi connectivity index (χ2v) is 6.02. The van der Waals surface area contributed by atoms with E-state index in [1.165, 1.54) is 4.90 Å². The minimum Gasteiger partial charge on any atom is -0.548 e. The van der Waals surface area contributed by atoms with Gasteiger partial charge in [0.1, 0.15) is 0 Å². The summed E-state index contributed by atoms with van der Waals surface area (Å²) in [4.78, 5) is 36.3. The number of carboxylic acid groups (broad SMARTS) is 1. The van der Waals surface area contributed by atoms with Crippen molar-refractivity contribution in [3.05, 3.63) is 40.9 Å². The third-order valence-corrected chi connectivity index (χ3v) is 4.50. The fourth-order valence-electron chi connectivity index (χ4n) is 2.57. The summed E-state index contributed by atoms with van der Waals surface area (Å²) >= 11 is 0.894. The fourth-order valence-corrected chi connectivity index (χ4v) is 3.47. The lowest BCUT2D eigenvalue weighted by Gasteiger charge is -2.06. The quantitative estimate of drug-likeness (QED) is 0.793. The van der Waals surface area contributed by atoms with Gasteiger partial charge in [0.05, 0.1) is 17.4 Å². The number of amides is 2. The number of fused-ring (bicyclic) bond motifs is 1. The number of likely N-dealkylation sites (N-methyl/N-ethyl adjacent to an activating group) is 1. The van der Waals surface area contributed by atoms with Crippen LogP contribution in [0.4, 0.5) is 4.79 Å². The summed E-state index contributed by atoms with van der Waals surface area (Å²) in [6.07, 6.45) is 3.29. The molecule has 0 N–H and O–H groups in total. The molecule has 7 heteroatoms. The molecule has 1 aliphatic rings. The first-order valence-electron chi connectivity index (χ1n) is 7.04. The van der Waals surface area contributed by atoms with Crippen LogP contribution in [-0.2, 0) is 16.1 Å². The van der Waals surface area contributed by atoms with Crippen LogP contribution in [0.15, 0.2) is 35.4 Å². The van der Waals surface area contributed by atoms with Crippen molar-refractivity contribution in [3.8, 4) is 0 Å². The molecular formula is C16H13N2O4S-. The van der Waals surface area contributed by atoms with Crippen LogP contribution in [0.2, 0.25) is 0 Å². The second-order valence-electron chi connectivity index (χ2n) is 5.03. The molecule has 23 heavy (non-hydrogen) atoms. The smallest absolute Gasteiger partial charge is 0.293 e. The lowest BCUT2D eigenvalue weighted by molar-refractivity contribution is -0.306. The Balaban J connectivity index is 2.07. The first-order valence-corrected chi connectivity index (χ1v) is 7.86. The Morgan fingerprint density at radius 3 is 2.70 bits per heavy atom. The maximum atomic E-state index is 12.2. The van der Waals surface area contributed by atoms with E-state index in [4.69, 9.17) is 0 Å². The van der Waals surface area contributed by atoms with Gasteiger partial charge in [0.15, 0.2) is 0 Å². The van der Waals surface area contributed by atoms with Gasteiger partial charge in [-0.15, -0.1) is 0 Å². The van der Waals surface area contributed by atoms with Crippen LogP contribution >= 0.6 is 11.8 Å². The molecule has 3 rings (SSSR count). The number of para-hydroxylation sites is 1. The van der Waals surface area contributed by atoms with Gasteiger partial charge in [-0.3, -0.25) is 14.5 Å². The Kier molecular flexibility index (Phi) is 3.96. The molecule has 0 radical (unpaired) electrons. The summed E-state index contributed by atoms with van der Waals surface area (Å²) < 4.78 is 1.56. The zero-order valence-electron chi connectivity index (χ0n) is 12.3. The van der Waals surface area contributed by atoms with E-state index < -0.39 is 5.97 Å². The molecule has 0 saturated carbocycles. The van der Waals surface area contributed by atoms with Crippen LogP contribution < -0.4 is 5.11 Å². The van der Waals surface area contributed by atoms with Crippen molar-refractivity contribution < 1.29 is 19.5 Å². The van der Waals surface area contributed by atoms with Crippen LogP contribution in [0, 0.1) is 0 Å². The largest absolute Gasteiger partial charge is 0.548 e. The number of hydrogen-bond donors (Lipinski definition) is 0. The minimum atomic E-state index is -1.19. The van der Waals surface area contributed by atoms with Gasteiger partial charge in [0, 0.05) is 29.2 Å². The average molecular weight is 329 g/mol. The van der Waals surface area contributed by atoms with E-state index in [1.54, 1.807) is 29.8 Å². The van der Waals surface area contributed by atoms with E-state index in [0.29, 0.717) is 17.0 Å². The molecule has 1 aromatic carbocycles. The summed E-state index contributed by atoms with van der Waals surface area (Å²) in [5, 5.41) is 11.4. The maximum absolute atomic E-state index is 12.2. The van der Waals surface area contributed by atoms with Gasteiger partial charge < -0.3 is 14.5 Å². The van der Waals surface area contributed by atoms with Gasteiger partial charge >= 0.3 is 0 Å². The highest BCUT2D eigenvalue weighted by molar-refractivity contribution is 8.18. The molecule has 0 atom stereocenters. The number of carbonyl (C=O) groups is 3. The average Bonchev–Trinajstić information content (AvgIpc) is 2.98. The van der Waals surface area contributed by atoms with E-state index >= 15 is 0 Å². The van der Waals surface area contributed by atoms with Crippen molar-refractivity contribution in [1.82, 2.24) is 9.47 Å². The molecule has 118 valence electrons. The van der Waals surface area contributed by atoms with Gasteiger partial charge in [-0.25, -0.2) is 0 Å². The number of benzene rings is 1. The van der Waals surface area contributed by atoms with Crippen molar-refractivity contribution in [3.63, 3.8) is 0 Å². The topological polar surface area (TPSA) is 82.4 Å². The fraction of sp³-hybridized carbons (Fsp3) is 0.188. The van der Waals surface area contributed by atoms with Crippen LogP contribution in [0.3, 0.4) is 0 Å². The Bertz CT molecular complexity index is 853. The lowest BCUT2D eigenvalue weighted by atomic mass is 10.1. The van der Waals surface area contributed by atoms with Gasteiger partial charge in [-0.1, -0.05) is 18.2 Å². The predicted molar refractivity (Wildman–Crippen MR) is 85.3 cm³/mol. The molecule has 0 unspecified atom stereocenters. The molecule has 0 spiro atoms. The Labute approximate surface area is 136 Å². The highest BCUT2D eigenvalue weighted by Crippen LogP contribution is 2.33. The number of aliphatic carboxylic acids is 1. The van der Waals surface area contributed by atoms with Crippen LogP contribution in [-0.4, -0.2) is 33.1 Å². The number of nitrogens with zero attached hydrogens (tertiary/aromatic N) is 2. The van der Waals surface area contributed by atoms with Crippen LogP contribution in [0.5, 0.6) is 0 Å². The predicted octanol–water partition coefficient (Wildman–Crippen LogP) is 1.45. The second kappa shape index (κ2) is 5.92. The molecule has 6 nitrogen and oxygen atoms in total. The van der Waals surface area contributed by atoms with Crippen molar-refractivity contribution in [2.24, 2.45) is 0 Å². The van der Waals surface area contributed by atoms with Crippen molar-refractivity contribution >= 4 is 45.9 Å². The molecule has 0 bridgehead atoms. The summed E-state index contributed by atoms with van der Waals surface area (Å²) in [6.45, 7) is 1.80. The number of rotatable bonds is 4. The van der Waals surface area contributed by atoms with Gasteiger partial charge in [-0.05, 0) is 30.8 Å². The first kappa shape index (κ1) is 15.4. The highest BCUT2D eigenvalue weighted by atomic mass is 32.2. The standard InChI is InChI=1S/C16H14N2O4S/c1-2-18-15(21)13(23-16(18)22)7-10-8-17(9-14(19)20)12-6-4-3-5-11(10)12/h3-8H,2,9H2,1H3,(H,19,20)/p-1/b13-7+. The molecule has 1 aliphatic heterocycles. The third-order valence-electron chi connectivity index (χ3n) is 3.60. The van der Waals surface area contributed by atoms with Crippen LogP contribution in [0.1, 0.15) is 12.5 Å². The van der Waals surface area contributed by atoms with E-state index in [-0.39, 0.29) is 17.7 Å². The monoisotopic (exact) mass is 329 g/mol. The zero-order valence-corrected chi connectivity index (χ0v) is 13.1. The summed E-state index contributed by atoms with van der Waals surface area (Å²) in [5.74, 6) is -1.51. The normalized spacial score (nSPS) is 16.7. The molecule has 2 heterocycles. The lowest BCUT2D eigenvalue weighted by Crippen LogP contribution is -2.27. The van der Waals surface area contributed by atoms with Gasteiger partial charge in [0.2, 0.25) is 0 Å². The Hall–Kier alpha value is -2.54. The highest BCUT2D eigenvalue weighted by Gasteiger charge is 2.33. The third kappa shape index (κ3) is 2.75. The SMILES string of the molecule is CCN1C(=O)S/C(=C/c2cn(CC(=O)[O-])c3ccccc23)C1=O. The van der Waals surface area contributed by atoms with E-state index in [1.807, 2.05) is 18.2 Å². The summed E-state index contributed by atoms with van der Waals surface area (Å²) in [7, 11) is 0. The van der Waals surface area contributed by atoms with Gasteiger partial charge in [-0.2, -0.15) is 0 Å². The molecule has 2 amide bonds. The number of carboxylic acids is 1.